The van der Waals surface area contributed by atoms with Gasteiger partial charge in [-0.2, -0.15) is 0 Å². The smallest absolute Gasteiger partial charge is 0.271 e. The van der Waals surface area contributed by atoms with Crippen LogP contribution >= 0.6 is 56.5 Å². The molecule has 4 aromatic rings. The van der Waals surface area contributed by atoms with Crippen molar-refractivity contribution in [2.45, 2.75) is 18.9 Å². The van der Waals surface area contributed by atoms with Crippen LogP contribution in [0.1, 0.15) is 34.7 Å². The highest BCUT2D eigenvalue weighted by molar-refractivity contribution is 14.1. The first kappa shape index (κ1) is 25.6. The highest BCUT2D eigenvalue weighted by Gasteiger charge is 2.33. The van der Waals surface area contributed by atoms with Gasteiger partial charge in [-0.3, -0.25) is 9.36 Å². The fraction of sp³-hybridized carbons (Fsp3) is 0.172. The van der Waals surface area contributed by atoms with E-state index in [1.165, 1.54) is 16.9 Å². The molecule has 2 aliphatic rings. The minimum absolute atomic E-state index is 0.0861. The lowest BCUT2D eigenvalue weighted by Gasteiger charge is -2.31. The summed E-state index contributed by atoms with van der Waals surface area (Å²) in [6, 6.07) is 17.7. The number of nitrogens with zero attached hydrogens (tertiary/aromatic N) is 2. The molecule has 1 aromatic heterocycles. The first-order valence-corrected chi connectivity index (χ1v) is 14.9. The minimum atomic E-state index is -0.309. The van der Waals surface area contributed by atoms with Crippen molar-refractivity contribution in [3.8, 4) is 17.2 Å². The van der Waals surface area contributed by atoms with Crippen molar-refractivity contribution in [2.75, 3.05) is 14.2 Å². The van der Waals surface area contributed by atoms with Crippen molar-refractivity contribution in [3.63, 3.8) is 0 Å². The maximum Gasteiger partial charge on any atom is 0.271 e. The Balaban J connectivity index is 1.62. The lowest BCUT2D eigenvalue weighted by molar-refractivity contribution is 0.354. The maximum absolute atomic E-state index is 14.0. The zero-order chi connectivity index (χ0) is 26.6. The maximum atomic E-state index is 14.0. The first-order chi connectivity index (χ1) is 18.4. The average molecular weight is 748 g/mol. The molecule has 0 fully saturated rings. The average Bonchev–Trinajstić information content (AvgIpc) is 3.24. The van der Waals surface area contributed by atoms with E-state index in [0.717, 1.165) is 47.9 Å². The molecular formula is C29H22I2N2O4S. The van der Waals surface area contributed by atoms with E-state index in [0.29, 0.717) is 20.8 Å². The zero-order valence-electron chi connectivity index (χ0n) is 20.5. The Morgan fingerprint density at radius 2 is 1.76 bits per heavy atom. The summed E-state index contributed by atoms with van der Waals surface area (Å²) in [6.07, 6.45) is 3.59. The second-order valence-electron chi connectivity index (χ2n) is 9.06. The minimum Gasteiger partial charge on any atom is -0.506 e. The molecule has 0 radical (unpaired) electrons. The van der Waals surface area contributed by atoms with Crippen LogP contribution in [0.25, 0.3) is 11.8 Å². The molecule has 6 nitrogen and oxygen atoms in total. The summed E-state index contributed by atoms with van der Waals surface area (Å²) in [5, 5.41) is 10.2. The molecule has 1 N–H and O–H groups in total. The number of benzene rings is 3. The number of halogens is 2. The molecule has 9 heteroatoms. The highest BCUT2D eigenvalue weighted by Crippen LogP contribution is 2.42. The number of aromatic nitrogens is 1. The summed E-state index contributed by atoms with van der Waals surface area (Å²) >= 11 is 5.60. The predicted octanol–water partition coefficient (Wildman–Crippen LogP) is 5.25. The number of aromatic hydroxyl groups is 1. The quantitative estimate of drug-likeness (QED) is 0.290. The highest BCUT2D eigenvalue weighted by atomic mass is 127. The Kier molecular flexibility index (Phi) is 6.85. The van der Waals surface area contributed by atoms with E-state index in [4.69, 9.17) is 14.5 Å². The summed E-state index contributed by atoms with van der Waals surface area (Å²) in [4.78, 5) is 19.7. The number of allylic oxidation sites excluding steroid dienone is 1. The molecule has 0 saturated heterocycles. The van der Waals surface area contributed by atoms with E-state index in [2.05, 4.69) is 63.4 Å². The van der Waals surface area contributed by atoms with E-state index >= 15 is 0 Å². The predicted molar refractivity (Wildman–Crippen MR) is 166 cm³/mol. The van der Waals surface area contributed by atoms with Crippen molar-refractivity contribution in [3.05, 3.63) is 109 Å². The van der Waals surface area contributed by atoms with Gasteiger partial charge >= 0.3 is 0 Å². The van der Waals surface area contributed by atoms with Crippen LogP contribution in [0.4, 0.5) is 0 Å². The molecule has 3 aromatic carbocycles. The van der Waals surface area contributed by atoms with Crippen LogP contribution in [0, 0.1) is 7.14 Å². The monoisotopic (exact) mass is 748 g/mol. The van der Waals surface area contributed by atoms with E-state index in [9.17, 15) is 9.90 Å². The summed E-state index contributed by atoms with van der Waals surface area (Å²) in [5.74, 6) is 1.52. The normalized spacial score (nSPS) is 16.4. The second-order valence-corrected chi connectivity index (χ2v) is 12.4. The zero-order valence-corrected chi connectivity index (χ0v) is 25.6. The van der Waals surface area contributed by atoms with Gasteiger partial charge in [-0.15, -0.1) is 0 Å². The third-order valence-electron chi connectivity index (χ3n) is 6.93. The SMILES string of the molecule is COc1ccc([C@H]2C3=C(N=c4s/c(=C\c5cc(I)c(O)c(I)c5)c(=O)n42)c2ccccc2CC3)cc1OC. The first-order valence-electron chi connectivity index (χ1n) is 11.9. The van der Waals surface area contributed by atoms with Crippen LogP contribution in [0.2, 0.25) is 0 Å². The Morgan fingerprint density at radius 1 is 1.03 bits per heavy atom. The molecule has 0 bridgehead atoms. The summed E-state index contributed by atoms with van der Waals surface area (Å²) in [5.41, 5.74) is 6.20. The standard InChI is InChI=1S/C29H22I2N2O4S/c1-36-22-10-8-17(14-23(22)37-2)26-19-9-7-16-5-3-4-6-18(16)25(19)32-29-33(26)28(35)24(38-29)13-15-11-20(30)27(34)21(31)12-15/h3-6,8,10-14,26,34H,7,9H2,1-2H3/b24-13-/t26-/m0/s1. The number of rotatable bonds is 4. The van der Waals surface area contributed by atoms with E-state index in [1.54, 1.807) is 14.2 Å². The van der Waals surface area contributed by atoms with E-state index < -0.39 is 0 Å². The Hall–Kier alpha value is -2.64. The molecule has 6 rings (SSSR count). The summed E-state index contributed by atoms with van der Waals surface area (Å²) < 4.78 is 15.0. The number of thiazole rings is 1. The van der Waals surface area contributed by atoms with Gasteiger partial charge in [0, 0.05) is 5.56 Å². The number of phenols is 1. The van der Waals surface area contributed by atoms with Crippen LogP contribution < -0.4 is 24.4 Å². The van der Waals surface area contributed by atoms with Crippen LogP contribution in [-0.2, 0) is 6.42 Å². The number of hydrogen-bond acceptors (Lipinski definition) is 6. The van der Waals surface area contributed by atoms with Gasteiger partial charge in [0.25, 0.3) is 5.56 Å². The van der Waals surface area contributed by atoms with Gasteiger partial charge in [-0.25, -0.2) is 4.99 Å². The van der Waals surface area contributed by atoms with E-state index in [1.807, 2.05) is 47.0 Å². The van der Waals surface area contributed by atoms with Crippen LogP contribution in [0.5, 0.6) is 17.2 Å². The third-order valence-corrected chi connectivity index (χ3v) is 9.56. The van der Waals surface area contributed by atoms with Crippen LogP contribution in [0.15, 0.2) is 70.0 Å². The van der Waals surface area contributed by atoms with Crippen molar-refractivity contribution in [2.24, 2.45) is 4.99 Å². The summed E-state index contributed by atoms with van der Waals surface area (Å²) in [7, 11) is 3.24. The number of phenolic OH excluding ortho intramolecular Hbond substituents is 1. The van der Waals surface area contributed by atoms with Crippen LogP contribution in [-0.4, -0.2) is 23.9 Å². The van der Waals surface area contributed by atoms with Gasteiger partial charge in [0.05, 0.1) is 37.6 Å². The number of hydrogen-bond donors (Lipinski definition) is 1. The molecule has 192 valence electrons. The number of fused-ring (bicyclic) bond motifs is 3. The number of methoxy groups -OCH3 is 2. The van der Waals surface area contributed by atoms with Crippen molar-refractivity contribution in [1.82, 2.24) is 4.57 Å². The van der Waals surface area contributed by atoms with Crippen molar-refractivity contribution < 1.29 is 14.6 Å². The molecule has 38 heavy (non-hydrogen) atoms. The number of aryl methyl sites for hydroxylation is 1. The van der Waals surface area contributed by atoms with Gasteiger partial charge in [-0.05, 0) is 111 Å². The van der Waals surface area contributed by atoms with E-state index in [-0.39, 0.29) is 17.4 Å². The Morgan fingerprint density at radius 3 is 2.50 bits per heavy atom. The molecule has 0 spiro atoms. The second kappa shape index (κ2) is 10.2. The molecule has 1 aliphatic carbocycles. The lowest BCUT2D eigenvalue weighted by atomic mass is 9.83. The molecule has 0 amide bonds. The molecule has 1 aliphatic heterocycles. The van der Waals surface area contributed by atoms with Gasteiger partial charge in [0.1, 0.15) is 5.75 Å². The number of ether oxygens (including phenoxy) is 2. The fourth-order valence-corrected chi connectivity index (χ4v) is 7.98. The van der Waals surface area contributed by atoms with Gasteiger partial charge < -0.3 is 14.6 Å². The topological polar surface area (TPSA) is 73.0 Å². The Labute approximate surface area is 250 Å². The van der Waals surface area contributed by atoms with Gasteiger partial charge in [0.15, 0.2) is 16.3 Å². The third kappa shape index (κ3) is 4.28. The molecule has 1 atom stereocenters. The lowest BCUT2D eigenvalue weighted by Crippen LogP contribution is -2.38. The fourth-order valence-electron chi connectivity index (χ4n) is 5.17. The largest absolute Gasteiger partial charge is 0.506 e. The van der Waals surface area contributed by atoms with Crippen molar-refractivity contribution in [1.29, 1.82) is 0 Å². The molecule has 2 heterocycles. The molecule has 0 saturated carbocycles. The Bertz CT molecular complexity index is 1800. The molecule has 0 unspecified atom stereocenters. The van der Waals surface area contributed by atoms with Crippen molar-refractivity contribution >= 4 is 68.3 Å². The van der Waals surface area contributed by atoms with Gasteiger partial charge in [0.2, 0.25) is 0 Å². The van der Waals surface area contributed by atoms with Gasteiger partial charge in [-0.1, -0.05) is 41.7 Å². The van der Waals surface area contributed by atoms with Crippen LogP contribution in [0.3, 0.4) is 0 Å². The summed E-state index contributed by atoms with van der Waals surface area (Å²) in [6.45, 7) is 0. The molecular weight excluding hydrogens is 726 g/mol.